The van der Waals surface area contributed by atoms with E-state index in [1.807, 2.05) is 6.26 Å². The van der Waals surface area contributed by atoms with Gasteiger partial charge in [0.15, 0.2) is 5.82 Å². The van der Waals surface area contributed by atoms with Crippen molar-refractivity contribution >= 4 is 27.5 Å². The summed E-state index contributed by atoms with van der Waals surface area (Å²) in [6.45, 7) is 0.236. The largest absolute Gasteiger partial charge is 0.394 e. The molecule has 0 bridgehead atoms. The van der Waals surface area contributed by atoms with E-state index in [4.69, 9.17) is 5.73 Å². The van der Waals surface area contributed by atoms with Crippen LogP contribution in [0.15, 0.2) is 17.0 Å². The van der Waals surface area contributed by atoms with Crippen molar-refractivity contribution in [2.24, 2.45) is 0 Å². The van der Waals surface area contributed by atoms with Crippen LogP contribution in [0.25, 0.3) is 0 Å². The number of nitrogens with two attached hydrogens (primary N) is 1. The van der Waals surface area contributed by atoms with Crippen molar-refractivity contribution in [1.82, 2.24) is 4.31 Å². The van der Waals surface area contributed by atoms with E-state index < -0.39 is 32.2 Å². The van der Waals surface area contributed by atoms with Crippen molar-refractivity contribution in [3.8, 4) is 0 Å². The number of nitrogen functional groups attached to an aromatic ring is 1. The van der Waals surface area contributed by atoms with E-state index in [2.05, 4.69) is 0 Å². The summed E-state index contributed by atoms with van der Waals surface area (Å²) in [5.74, 6) is -1.64. The highest BCUT2D eigenvalue weighted by Gasteiger charge is 2.26. The van der Waals surface area contributed by atoms with Crippen molar-refractivity contribution in [3.05, 3.63) is 23.8 Å². The number of rotatable bonds is 5. The van der Waals surface area contributed by atoms with Gasteiger partial charge in [-0.1, -0.05) is 0 Å². The van der Waals surface area contributed by atoms with Gasteiger partial charge in [-0.25, -0.2) is 21.5 Å². The fourth-order valence-corrected chi connectivity index (χ4v) is 3.07. The normalized spacial score (nSPS) is 12.1. The summed E-state index contributed by atoms with van der Waals surface area (Å²) in [4.78, 5) is -0.606. The number of hydrogen-bond acceptors (Lipinski definition) is 4. The van der Waals surface area contributed by atoms with Crippen molar-refractivity contribution in [1.29, 1.82) is 0 Å². The van der Waals surface area contributed by atoms with Crippen LogP contribution in [0.2, 0.25) is 0 Å². The minimum atomic E-state index is -3.98. The summed E-state index contributed by atoms with van der Waals surface area (Å²) in [6.07, 6.45) is 1.83. The predicted molar refractivity (Wildman–Crippen MR) is 69.0 cm³/mol. The SMILES string of the molecule is CSCCN(C)S(=O)(=O)c1ccc(F)c(N)c1F. The number of thioether (sulfide) groups is 1. The molecule has 0 aliphatic heterocycles. The summed E-state index contributed by atoms with van der Waals surface area (Å²) >= 11 is 1.47. The summed E-state index contributed by atoms with van der Waals surface area (Å²) in [6, 6.07) is 1.72. The molecule has 1 rings (SSSR count). The van der Waals surface area contributed by atoms with Crippen LogP contribution in [-0.2, 0) is 10.0 Å². The Morgan fingerprint density at radius 1 is 1.39 bits per heavy atom. The molecule has 0 heterocycles. The van der Waals surface area contributed by atoms with E-state index >= 15 is 0 Å². The molecule has 0 aliphatic carbocycles. The smallest absolute Gasteiger partial charge is 0.245 e. The van der Waals surface area contributed by atoms with Crippen molar-refractivity contribution in [2.75, 3.05) is 31.3 Å². The molecule has 0 saturated carbocycles. The van der Waals surface area contributed by atoms with Gasteiger partial charge in [0.2, 0.25) is 10.0 Å². The molecule has 4 nitrogen and oxygen atoms in total. The second kappa shape index (κ2) is 5.85. The highest BCUT2D eigenvalue weighted by atomic mass is 32.2. The quantitative estimate of drug-likeness (QED) is 0.837. The molecule has 102 valence electrons. The first-order chi connectivity index (χ1) is 8.32. The fourth-order valence-electron chi connectivity index (χ4n) is 1.26. The first kappa shape index (κ1) is 15.2. The van der Waals surface area contributed by atoms with Crippen LogP contribution in [0.1, 0.15) is 0 Å². The van der Waals surface area contributed by atoms with Gasteiger partial charge in [0.25, 0.3) is 0 Å². The Morgan fingerprint density at radius 2 is 2.00 bits per heavy atom. The van der Waals surface area contributed by atoms with Gasteiger partial charge in [0.1, 0.15) is 16.4 Å². The summed E-state index contributed by atoms with van der Waals surface area (Å²) < 4.78 is 51.7. The number of anilines is 1. The average Bonchev–Trinajstić information content (AvgIpc) is 2.32. The monoisotopic (exact) mass is 296 g/mol. The maximum absolute atomic E-state index is 13.7. The second-order valence-corrected chi connectivity index (χ2v) is 6.59. The first-order valence-electron chi connectivity index (χ1n) is 5.01. The molecule has 0 atom stereocenters. The van der Waals surface area contributed by atoms with Crippen LogP contribution in [-0.4, -0.2) is 38.3 Å². The number of halogens is 2. The van der Waals surface area contributed by atoms with Gasteiger partial charge in [-0.15, -0.1) is 0 Å². The third kappa shape index (κ3) is 2.93. The van der Waals surface area contributed by atoms with Crippen LogP contribution >= 0.6 is 11.8 Å². The third-order valence-corrected chi connectivity index (χ3v) is 4.85. The molecule has 0 spiro atoms. The number of hydrogen-bond donors (Lipinski definition) is 1. The first-order valence-corrected chi connectivity index (χ1v) is 7.84. The van der Waals surface area contributed by atoms with E-state index in [-0.39, 0.29) is 6.54 Å². The Labute approximate surface area is 109 Å². The van der Waals surface area contributed by atoms with E-state index in [0.717, 1.165) is 16.4 Å². The average molecular weight is 296 g/mol. The van der Waals surface area contributed by atoms with E-state index in [0.29, 0.717) is 5.75 Å². The molecule has 0 fully saturated rings. The number of benzene rings is 1. The molecule has 0 aliphatic rings. The predicted octanol–water partition coefficient (Wildman–Crippen LogP) is 1.53. The topological polar surface area (TPSA) is 63.4 Å². The lowest BCUT2D eigenvalue weighted by Crippen LogP contribution is -2.30. The Kier molecular flexibility index (Phi) is 4.94. The van der Waals surface area contributed by atoms with Gasteiger partial charge in [-0.2, -0.15) is 11.8 Å². The van der Waals surface area contributed by atoms with E-state index in [1.54, 1.807) is 0 Å². The highest BCUT2D eigenvalue weighted by Crippen LogP contribution is 2.24. The van der Waals surface area contributed by atoms with E-state index in [9.17, 15) is 17.2 Å². The van der Waals surface area contributed by atoms with Gasteiger partial charge in [0, 0.05) is 19.3 Å². The maximum atomic E-state index is 13.7. The zero-order chi connectivity index (χ0) is 13.9. The second-order valence-electron chi connectivity index (χ2n) is 3.59. The highest BCUT2D eigenvalue weighted by molar-refractivity contribution is 7.98. The molecule has 18 heavy (non-hydrogen) atoms. The summed E-state index contributed by atoms with van der Waals surface area (Å²) in [5, 5.41) is 0. The molecule has 1 aromatic carbocycles. The van der Waals surface area contributed by atoms with Crippen LogP contribution in [0, 0.1) is 11.6 Å². The Bertz CT molecular complexity index is 535. The minimum absolute atomic E-state index is 0.236. The number of nitrogens with zero attached hydrogens (tertiary/aromatic N) is 1. The summed E-state index contributed by atoms with van der Waals surface area (Å²) in [5.41, 5.74) is 4.36. The molecule has 2 N–H and O–H groups in total. The molecule has 1 aromatic rings. The van der Waals surface area contributed by atoms with Crippen molar-refractivity contribution in [2.45, 2.75) is 4.90 Å². The van der Waals surface area contributed by atoms with E-state index in [1.165, 1.54) is 18.8 Å². The number of sulfonamides is 1. The molecule has 0 amide bonds. The summed E-state index contributed by atoms with van der Waals surface area (Å²) in [7, 11) is -2.64. The van der Waals surface area contributed by atoms with Crippen LogP contribution < -0.4 is 5.73 Å². The Hall–Kier alpha value is -0.860. The van der Waals surface area contributed by atoms with Crippen molar-refractivity contribution in [3.63, 3.8) is 0 Å². The molecule has 0 aromatic heterocycles. The lowest BCUT2D eigenvalue weighted by atomic mass is 10.3. The Balaban J connectivity index is 3.17. The maximum Gasteiger partial charge on any atom is 0.245 e. The molecule has 8 heteroatoms. The third-order valence-electron chi connectivity index (χ3n) is 2.39. The standard InChI is InChI=1S/C10H14F2N2O2S2/c1-14(5-6-17-2)18(15,16)8-4-3-7(11)10(13)9(8)12/h3-4H,5-6,13H2,1-2H3. The lowest BCUT2D eigenvalue weighted by Gasteiger charge is -2.17. The lowest BCUT2D eigenvalue weighted by molar-refractivity contribution is 0.479. The molecule has 0 unspecified atom stereocenters. The van der Waals surface area contributed by atoms with Gasteiger partial charge < -0.3 is 5.73 Å². The molecule has 0 radical (unpaired) electrons. The van der Waals surface area contributed by atoms with Crippen LogP contribution in [0.5, 0.6) is 0 Å². The van der Waals surface area contributed by atoms with Gasteiger partial charge >= 0.3 is 0 Å². The fraction of sp³-hybridized carbons (Fsp3) is 0.400. The van der Waals surface area contributed by atoms with Gasteiger partial charge in [-0.05, 0) is 18.4 Å². The molecular formula is C10H14F2N2O2S2. The molecule has 0 saturated heterocycles. The zero-order valence-corrected chi connectivity index (χ0v) is 11.6. The zero-order valence-electron chi connectivity index (χ0n) is 9.98. The van der Waals surface area contributed by atoms with Crippen molar-refractivity contribution < 1.29 is 17.2 Å². The van der Waals surface area contributed by atoms with Gasteiger partial charge in [0.05, 0.1) is 0 Å². The minimum Gasteiger partial charge on any atom is -0.394 e. The molecular weight excluding hydrogens is 282 g/mol. The van der Waals surface area contributed by atoms with Crippen LogP contribution in [0.3, 0.4) is 0 Å². The van der Waals surface area contributed by atoms with Gasteiger partial charge in [-0.3, -0.25) is 0 Å². The van der Waals surface area contributed by atoms with Crippen LogP contribution in [0.4, 0.5) is 14.5 Å². The Morgan fingerprint density at radius 3 is 2.56 bits per heavy atom.